The minimum absolute atomic E-state index is 0.369. The van der Waals surface area contributed by atoms with Gasteiger partial charge in [0, 0.05) is 6.20 Å². The van der Waals surface area contributed by atoms with Crippen molar-refractivity contribution in [2.24, 2.45) is 0 Å². The fraction of sp³-hybridized carbons (Fsp3) is 0. The van der Waals surface area contributed by atoms with Crippen molar-refractivity contribution in [1.29, 1.82) is 0 Å². The Labute approximate surface area is 79.2 Å². The summed E-state index contributed by atoms with van der Waals surface area (Å²) >= 11 is 0. The fourth-order valence-electron chi connectivity index (χ4n) is 0.858. The van der Waals surface area contributed by atoms with Gasteiger partial charge in [-0.1, -0.05) is 0 Å². The van der Waals surface area contributed by atoms with Crippen LogP contribution in [0.5, 0.6) is 5.75 Å². The molecule has 2 heterocycles. The highest BCUT2D eigenvalue weighted by Gasteiger charge is 2.06. The van der Waals surface area contributed by atoms with Crippen LogP contribution in [0, 0.1) is 0 Å². The molecule has 0 aliphatic rings. The maximum atomic E-state index is 11.3. The van der Waals surface area contributed by atoms with Gasteiger partial charge in [0.2, 0.25) is 0 Å². The van der Waals surface area contributed by atoms with E-state index in [9.17, 15) is 4.79 Å². The van der Waals surface area contributed by atoms with Gasteiger partial charge in [-0.3, -0.25) is 4.98 Å². The second kappa shape index (κ2) is 3.65. The third kappa shape index (κ3) is 1.74. The summed E-state index contributed by atoms with van der Waals surface area (Å²) in [7, 11) is 0. The first-order chi connectivity index (χ1) is 6.86. The van der Waals surface area contributed by atoms with Gasteiger partial charge < -0.3 is 4.74 Å². The number of carbonyl (C=O) groups is 1. The van der Waals surface area contributed by atoms with Gasteiger partial charge in [-0.05, 0) is 12.1 Å². The Kier molecular flexibility index (Phi) is 2.18. The molecule has 2 aromatic heterocycles. The van der Waals surface area contributed by atoms with Crippen LogP contribution < -0.4 is 4.74 Å². The quantitative estimate of drug-likeness (QED) is 0.662. The van der Waals surface area contributed by atoms with Crippen molar-refractivity contribution in [3.05, 3.63) is 37.2 Å². The summed E-state index contributed by atoms with van der Waals surface area (Å²) in [5.41, 5.74) is 0. The Morgan fingerprint density at radius 1 is 1.43 bits per heavy atom. The molecule has 0 spiro atoms. The van der Waals surface area contributed by atoms with Gasteiger partial charge in [-0.15, -0.1) is 5.10 Å². The van der Waals surface area contributed by atoms with E-state index in [2.05, 4.69) is 15.1 Å². The van der Waals surface area contributed by atoms with Gasteiger partial charge in [-0.25, -0.2) is 9.78 Å². The predicted octanol–water partition coefficient (Wildman–Crippen LogP) is 0.720. The minimum atomic E-state index is -0.615. The Bertz CT molecular complexity index is 412. The van der Waals surface area contributed by atoms with Crippen molar-refractivity contribution >= 4 is 6.09 Å². The van der Waals surface area contributed by atoms with Crippen LogP contribution >= 0.6 is 0 Å². The molecule has 0 radical (unpaired) electrons. The molecule has 14 heavy (non-hydrogen) atoms. The molecule has 0 amide bonds. The van der Waals surface area contributed by atoms with E-state index in [1.54, 1.807) is 18.3 Å². The Morgan fingerprint density at radius 2 is 2.36 bits per heavy atom. The van der Waals surface area contributed by atoms with Gasteiger partial charge in [0.25, 0.3) is 0 Å². The molecule has 6 nitrogen and oxygen atoms in total. The molecule has 6 heteroatoms. The Balaban J connectivity index is 2.10. The highest BCUT2D eigenvalue weighted by Crippen LogP contribution is 2.06. The highest BCUT2D eigenvalue weighted by atomic mass is 16.6. The molecule has 0 aromatic carbocycles. The monoisotopic (exact) mass is 190 g/mol. The maximum Gasteiger partial charge on any atom is 0.441 e. The number of carbonyl (C=O) groups excluding carboxylic acids is 1. The normalized spacial score (nSPS) is 9.71. The predicted molar refractivity (Wildman–Crippen MR) is 45.7 cm³/mol. The molecule has 0 aliphatic carbocycles. The first-order valence-electron chi connectivity index (χ1n) is 3.83. The van der Waals surface area contributed by atoms with E-state index in [-0.39, 0.29) is 0 Å². The average Bonchev–Trinajstić information content (AvgIpc) is 2.72. The number of hydrogen-bond donors (Lipinski definition) is 0. The van der Waals surface area contributed by atoms with Crippen molar-refractivity contribution in [1.82, 2.24) is 19.7 Å². The molecule has 2 rings (SSSR count). The summed E-state index contributed by atoms with van der Waals surface area (Å²) in [6, 6.07) is 3.30. The molecule has 0 N–H and O–H groups in total. The summed E-state index contributed by atoms with van der Waals surface area (Å²) in [5.74, 6) is 0.369. The van der Waals surface area contributed by atoms with E-state index in [4.69, 9.17) is 4.74 Å². The van der Waals surface area contributed by atoms with E-state index in [1.165, 1.54) is 18.9 Å². The molecule has 0 aliphatic heterocycles. The number of pyridine rings is 1. The van der Waals surface area contributed by atoms with Crippen LogP contribution in [0.4, 0.5) is 4.79 Å². The SMILES string of the molecule is O=C(Oc1cccnc1)n1cncn1. The lowest BCUT2D eigenvalue weighted by atomic mass is 10.5. The Morgan fingerprint density at radius 3 is 3.00 bits per heavy atom. The molecule has 0 saturated carbocycles. The van der Waals surface area contributed by atoms with Gasteiger partial charge in [0.1, 0.15) is 12.7 Å². The second-order valence-corrected chi connectivity index (χ2v) is 2.40. The van der Waals surface area contributed by atoms with Crippen LogP contribution in [0.2, 0.25) is 0 Å². The molecule has 0 fully saturated rings. The number of hydrogen-bond acceptors (Lipinski definition) is 5. The Hall–Kier alpha value is -2.24. The van der Waals surface area contributed by atoms with Crippen LogP contribution in [0.1, 0.15) is 0 Å². The van der Waals surface area contributed by atoms with Crippen LogP contribution in [-0.2, 0) is 0 Å². The topological polar surface area (TPSA) is 69.9 Å². The summed E-state index contributed by atoms with van der Waals surface area (Å²) in [6.45, 7) is 0. The third-order valence-electron chi connectivity index (χ3n) is 1.45. The van der Waals surface area contributed by atoms with E-state index in [0.717, 1.165) is 4.68 Å². The van der Waals surface area contributed by atoms with E-state index in [0.29, 0.717) is 5.75 Å². The lowest BCUT2D eigenvalue weighted by Gasteiger charge is -2.00. The number of nitrogens with zero attached hydrogens (tertiary/aromatic N) is 4. The molecular formula is C8H6N4O2. The summed E-state index contributed by atoms with van der Waals surface area (Å²) in [4.78, 5) is 18.7. The fourth-order valence-corrected chi connectivity index (χ4v) is 0.858. The molecule has 2 aromatic rings. The standard InChI is InChI=1S/C8H6N4O2/c13-8(12-6-10-5-11-12)14-7-2-1-3-9-4-7/h1-6H. The third-order valence-corrected chi connectivity index (χ3v) is 1.45. The van der Waals surface area contributed by atoms with Gasteiger partial charge in [-0.2, -0.15) is 4.68 Å². The second-order valence-electron chi connectivity index (χ2n) is 2.40. The van der Waals surface area contributed by atoms with Crippen molar-refractivity contribution in [2.45, 2.75) is 0 Å². The van der Waals surface area contributed by atoms with Crippen LogP contribution in [0.3, 0.4) is 0 Å². The van der Waals surface area contributed by atoms with Crippen molar-refractivity contribution in [3.63, 3.8) is 0 Å². The number of ether oxygens (including phenoxy) is 1. The van der Waals surface area contributed by atoms with Crippen molar-refractivity contribution in [2.75, 3.05) is 0 Å². The maximum absolute atomic E-state index is 11.3. The molecule has 0 atom stereocenters. The van der Waals surface area contributed by atoms with Crippen LogP contribution in [-0.4, -0.2) is 25.8 Å². The summed E-state index contributed by atoms with van der Waals surface area (Å²) in [5, 5.41) is 3.62. The highest BCUT2D eigenvalue weighted by molar-refractivity contribution is 5.71. The van der Waals surface area contributed by atoms with Gasteiger partial charge >= 0.3 is 6.09 Å². The number of aromatic nitrogens is 4. The largest absolute Gasteiger partial charge is 0.441 e. The van der Waals surface area contributed by atoms with Crippen LogP contribution in [0.25, 0.3) is 0 Å². The zero-order valence-corrected chi connectivity index (χ0v) is 7.07. The van der Waals surface area contributed by atoms with E-state index >= 15 is 0 Å². The number of rotatable bonds is 1. The van der Waals surface area contributed by atoms with Gasteiger partial charge in [0.15, 0.2) is 5.75 Å². The van der Waals surface area contributed by atoms with E-state index in [1.807, 2.05) is 0 Å². The van der Waals surface area contributed by atoms with E-state index < -0.39 is 6.09 Å². The van der Waals surface area contributed by atoms with Crippen LogP contribution in [0.15, 0.2) is 37.2 Å². The first kappa shape index (κ1) is 8.36. The zero-order valence-electron chi connectivity index (χ0n) is 7.07. The van der Waals surface area contributed by atoms with Crippen molar-refractivity contribution in [3.8, 4) is 5.75 Å². The molecule has 0 saturated heterocycles. The van der Waals surface area contributed by atoms with Gasteiger partial charge in [0.05, 0.1) is 6.20 Å². The lowest BCUT2D eigenvalue weighted by molar-refractivity contribution is 0.198. The summed E-state index contributed by atoms with van der Waals surface area (Å²) < 4.78 is 5.91. The molecule has 70 valence electrons. The first-order valence-corrected chi connectivity index (χ1v) is 3.83. The smallest absolute Gasteiger partial charge is 0.407 e. The molecule has 0 bridgehead atoms. The average molecular weight is 190 g/mol. The molecule has 0 unspecified atom stereocenters. The lowest BCUT2D eigenvalue weighted by Crippen LogP contribution is -2.17. The summed E-state index contributed by atoms with van der Waals surface area (Å²) in [6.07, 6.45) is 4.93. The van der Waals surface area contributed by atoms with Crippen molar-refractivity contribution < 1.29 is 9.53 Å². The molecular weight excluding hydrogens is 184 g/mol. The minimum Gasteiger partial charge on any atom is -0.407 e. The zero-order chi connectivity index (χ0) is 9.80.